The van der Waals surface area contributed by atoms with Gasteiger partial charge < -0.3 is 15.0 Å². The molecule has 0 aromatic heterocycles. The predicted molar refractivity (Wildman–Crippen MR) is 148 cm³/mol. The van der Waals surface area contributed by atoms with Gasteiger partial charge in [0, 0.05) is 25.6 Å². The standard InChI is InChI=1S/C28H41N3O5S/c1-7-22(4)29-28(33)26(8-2)30(20-23-14-16-25(36-5)17-15-23)27(32)13-10-18-31(37(6,34)35)24-12-9-11-21(3)19-24/h9,11-12,14-17,19,22,26H,7-8,10,13,18,20H2,1-6H3,(H,29,33)/t22-,26+/m0/s1. The minimum absolute atomic E-state index is 0.00265. The number of carbonyl (C=O) groups is 2. The molecule has 0 bridgehead atoms. The zero-order chi connectivity index (χ0) is 27.6. The quantitative estimate of drug-likeness (QED) is 0.393. The SMILES string of the molecule is CC[C@H](C(=O)N[C@@H](C)CC)N(Cc1ccc(OC)cc1)C(=O)CCCN(c1cccc(C)c1)S(C)(=O)=O. The van der Waals surface area contributed by atoms with Crippen LogP contribution in [0.3, 0.4) is 0 Å². The molecule has 2 rings (SSSR count). The van der Waals surface area contributed by atoms with Crippen molar-refractivity contribution in [2.24, 2.45) is 0 Å². The fourth-order valence-corrected chi connectivity index (χ4v) is 5.03. The Hall–Kier alpha value is -3.07. The molecule has 0 heterocycles. The smallest absolute Gasteiger partial charge is 0.243 e. The average molecular weight is 532 g/mol. The Bertz CT molecular complexity index is 1130. The van der Waals surface area contributed by atoms with Crippen LogP contribution in [0.4, 0.5) is 5.69 Å². The minimum atomic E-state index is -3.53. The van der Waals surface area contributed by atoms with E-state index >= 15 is 0 Å². The molecule has 0 radical (unpaired) electrons. The first kappa shape index (κ1) is 30.2. The van der Waals surface area contributed by atoms with Crippen LogP contribution in [0.5, 0.6) is 5.75 Å². The van der Waals surface area contributed by atoms with Crippen molar-refractivity contribution in [2.75, 3.05) is 24.2 Å². The number of ether oxygens (including phenoxy) is 1. The van der Waals surface area contributed by atoms with Crippen molar-refractivity contribution in [3.05, 3.63) is 59.7 Å². The van der Waals surface area contributed by atoms with Crippen LogP contribution in [0.1, 0.15) is 57.6 Å². The molecule has 37 heavy (non-hydrogen) atoms. The first-order valence-corrected chi connectivity index (χ1v) is 14.6. The molecule has 2 amide bonds. The molecule has 0 saturated heterocycles. The summed E-state index contributed by atoms with van der Waals surface area (Å²) in [6, 6.07) is 14.0. The first-order chi connectivity index (χ1) is 17.5. The van der Waals surface area contributed by atoms with Gasteiger partial charge in [-0.25, -0.2) is 8.42 Å². The third-order valence-corrected chi connectivity index (χ3v) is 7.53. The van der Waals surface area contributed by atoms with E-state index in [1.54, 1.807) is 18.1 Å². The maximum atomic E-state index is 13.5. The topological polar surface area (TPSA) is 96.0 Å². The molecule has 0 spiro atoms. The van der Waals surface area contributed by atoms with Crippen molar-refractivity contribution < 1.29 is 22.7 Å². The van der Waals surface area contributed by atoms with Gasteiger partial charge in [0.25, 0.3) is 0 Å². The van der Waals surface area contributed by atoms with Crippen LogP contribution in [0.25, 0.3) is 0 Å². The maximum absolute atomic E-state index is 13.5. The van der Waals surface area contributed by atoms with E-state index in [4.69, 9.17) is 4.74 Å². The second-order valence-corrected chi connectivity index (χ2v) is 11.3. The number of methoxy groups -OCH3 is 1. The third kappa shape index (κ3) is 9.07. The van der Waals surface area contributed by atoms with Gasteiger partial charge in [-0.2, -0.15) is 0 Å². The van der Waals surface area contributed by atoms with Crippen LogP contribution in [-0.2, 0) is 26.2 Å². The van der Waals surface area contributed by atoms with Crippen molar-refractivity contribution in [1.82, 2.24) is 10.2 Å². The van der Waals surface area contributed by atoms with E-state index in [0.717, 1.165) is 17.5 Å². The van der Waals surface area contributed by atoms with Gasteiger partial charge in [0.15, 0.2) is 0 Å². The highest BCUT2D eigenvalue weighted by molar-refractivity contribution is 7.92. The lowest BCUT2D eigenvalue weighted by molar-refractivity contribution is -0.141. The summed E-state index contributed by atoms with van der Waals surface area (Å²) in [5.74, 6) is 0.330. The Morgan fingerprint density at radius 2 is 1.73 bits per heavy atom. The summed E-state index contributed by atoms with van der Waals surface area (Å²) in [4.78, 5) is 28.2. The Labute approximate surface area is 222 Å². The summed E-state index contributed by atoms with van der Waals surface area (Å²) >= 11 is 0. The van der Waals surface area contributed by atoms with Crippen LogP contribution >= 0.6 is 0 Å². The van der Waals surface area contributed by atoms with Crippen LogP contribution in [0.2, 0.25) is 0 Å². The van der Waals surface area contributed by atoms with Crippen molar-refractivity contribution in [2.45, 2.75) is 72.0 Å². The first-order valence-electron chi connectivity index (χ1n) is 12.8. The van der Waals surface area contributed by atoms with Gasteiger partial charge in [0.2, 0.25) is 21.8 Å². The molecule has 0 saturated carbocycles. The fraction of sp³-hybridized carbons (Fsp3) is 0.500. The summed E-state index contributed by atoms with van der Waals surface area (Å²) in [5.41, 5.74) is 2.40. The van der Waals surface area contributed by atoms with Gasteiger partial charge in [0.05, 0.1) is 19.1 Å². The summed E-state index contributed by atoms with van der Waals surface area (Å²) in [7, 11) is -1.94. The lowest BCUT2D eigenvalue weighted by Gasteiger charge is -2.32. The minimum Gasteiger partial charge on any atom is -0.497 e. The number of amides is 2. The highest BCUT2D eigenvalue weighted by Crippen LogP contribution is 2.21. The molecular weight excluding hydrogens is 490 g/mol. The summed E-state index contributed by atoms with van der Waals surface area (Å²) in [6.45, 7) is 8.15. The number of nitrogens with zero attached hydrogens (tertiary/aromatic N) is 2. The van der Waals surface area contributed by atoms with Crippen LogP contribution in [0, 0.1) is 6.92 Å². The largest absolute Gasteiger partial charge is 0.497 e. The Morgan fingerprint density at radius 3 is 2.27 bits per heavy atom. The van der Waals surface area contributed by atoms with E-state index in [1.807, 2.05) is 70.2 Å². The molecule has 0 aliphatic carbocycles. The molecule has 2 aromatic carbocycles. The van der Waals surface area contributed by atoms with Gasteiger partial charge in [-0.05, 0) is 68.5 Å². The van der Waals surface area contributed by atoms with Crippen LogP contribution < -0.4 is 14.4 Å². The average Bonchev–Trinajstić information content (AvgIpc) is 2.85. The maximum Gasteiger partial charge on any atom is 0.243 e. The Kier molecular flexibility index (Phi) is 11.4. The molecule has 2 atom stereocenters. The monoisotopic (exact) mass is 531 g/mol. The zero-order valence-corrected chi connectivity index (χ0v) is 23.7. The van der Waals surface area contributed by atoms with Gasteiger partial charge in [0.1, 0.15) is 11.8 Å². The van der Waals surface area contributed by atoms with Gasteiger partial charge in [-0.3, -0.25) is 13.9 Å². The molecule has 0 fully saturated rings. The van der Waals surface area contributed by atoms with E-state index in [9.17, 15) is 18.0 Å². The molecule has 8 nitrogen and oxygen atoms in total. The Balaban J connectivity index is 2.23. The molecule has 9 heteroatoms. The normalized spacial score (nSPS) is 12.9. The van der Waals surface area contributed by atoms with E-state index in [-0.39, 0.29) is 37.4 Å². The van der Waals surface area contributed by atoms with Crippen molar-refractivity contribution in [1.29, 1.82) is 0 Å². The second-order valence-electron chi connectivity index (χ2n) is 9.39. The number of rotatable bonds is 14. The predicted octanol–water partition coefficient (Wildman–Crippen LogP) is 4.27. The third-order valence-electron chi connectivity index (χ3n) is 6.34. The van der Waals surface area contributed by atoms with Gasteiger partial charge >= 0.3 is 0 Å². The highest BCUT2D eigenvalue weighted by atomic mass is 32.2. The number of nitrogens with one attached hydrogen (secondary N) is 1. The molecule has 0 aliphatic heterocycles. The number of aryl methyl sites for hydroxylation is 1. The van der Waals surface area contributed by atoms with E-state index in [2.05, 4.69) is 5.32 Å². The van der Waals surface area contributed by atoms with Gasteiger partial charge in [-0.1, -0.05) is 38.1 Å². The Morgan fingerprint density at radius 1 is 1.05 bits per heavy atom. The van der Waals surface area contributed by atoms with Crippen LogP contribution in [-0.4, -0.2) is 57.1 Å². The number of hydrogen-bond donors (Lipinski definition) is 1. The van der Waals surface area contributed by atoms with Crippen molar-refractivity contribution in [3.63, 3.8) is 0 Å². The molecule has 204 valence electrons. The second kappa shape index (κ2) is 14.0. The summed E-state index contributed by atoms with van der Waals surface area (Å²) in [5, 5.41) is 3.00. The number of carbonyl (C=O) groups excluding carboxylic acids is 2. The number of hydrogen-bond acceptors (Lipinski definition) is 5. The molecular formula is C28H41N3O5S. The molecule has 0 unspecified atom stereocenters. The van der Waals surface area contributed by atoms with Crippen molar-refractivity contribution >= 4 is 27.5 Å². The van der Waals surface area contributed by atoms with E-state index in [0.29, 0.717) is 24.3 Å². The molecule has 1 N–H and O–H groups in total. The lowest BCUT2D eigenvalue weighted by atomic mass is 10.1. The van der Waals surface area contributed by atoms with Gasteiger partial charge in [-0.15, -0.1) is 0 Å². The highest BCUT2D eigenvalue weighted by Gasteiger charge is 2.29. The number of anilines is 1. The van der Waals surface area contributed by atoms with Crippen LogP contribution in [0.15, 0.2) is 48.5 Å². The zero-order valence-electron chi connectivity index (χ0n) is 22.9. The number of benzene rings is 2. The lowest BCUT2D eigenvalue weighted by Crippen LogP contribution is -2.50. The molecule has 0 aliphatic rings. The summed E-state index contributed by atoms with van der Waals surface area (Å²) in [6.07, 6.45) is 2.85. The summed E-state index contributed by atoms with van der Waals surface area (Å²) < 4.78 is 31.5. The van der Waals surface area contributed by atoms with E-state index < -0.39 is 16.1 Å². The number of sulfonamides is 1. The fourth-order valence-electron chi connectivity index (χ4n) is 4.08. The molecule has 2 aromatic rings. The van der Waals surface area contributed by atoms with Crippen molar-refractivity contribution in [3.8, 4) is 5.75 Å². The van der Waals surface area contributed by atoms with E-state index in [1.165, 1.54) is 10.6 Å².